The van der Waals surface area contributed by atoms with Crippen molar-refractivity contribution in [2.24, 2.45) is 4.99 Å². The fourth-order valence-electron chi connectivity index (χ4n) is 4.36. The highest BCUT2D eigenvalue weighted by molar-refractivity contribution is 7.07. The number of aromatic nitrogens is 1. The molecule has 1 N–H and O–H groups in total. The number of aliphatic carboxylic acids is 1. The molecule has 8 nitrogen and oxygen atoms in total. The summed E-state index contributed by atoms with van der Waals surface area (Å²) in [5.74, 6) is -1.23. The molecule has 40 heavy (non-hydrogen) atoms. The topological polar surface area (TPSA) is 107 Å². The minimum absolute atomic E-state index is 0.161. The van der Waals surface area contributed by atoms with Crippen LogP contribution in [0.3, 0.4) is 0 Å². The summed E-state index contributed by atoms with van der Waals surface area (Å²) >= 11 is 7.37. The Morgan fingerprint density at radius 2 is 1.75 bits per heavy atom. The SMILES string of the molecule is CCOC(=O)C1=C(c2ccccc2)N=c2sc(=Cc3ccc(OCC(=O)O)cc3)c(=O)n2C1c1ccc(Cl)cc1. The number of hydrogen-bond acceptors (Lipinski definition) is 7. The number of hydrogen-bond donors (Lipinski definition) is 1. The minimum atomic E-state index is -1.07. The maximum atomic E-state index is 13.9. The number of benzene rings is 3. The van der Waals surface area contributed by atoms with Crippen LogP contribution in [-0.4, -0.2) is 34.8 Å². The minimum Gasteiger partial charge on any atom is -0.482 e. The Bertz CT molecular complexity index is 1780. The molecule has 2 heterocycles. The van der Waals surface area contributed by atoms with Crippen LogP contribution in [0.4, 0.5) is 0 Å². The van der Waals surface area contributed by atoms with Crippen molar-refractivity contribution in [2.45, 2.75) is 13.0 Å². The molecule has 0 fully saturated rings. The van der Waals surface area contributed by atoms with Crippen LogP contribution in [0.1, 0.15) is 29.7 Å². The zero-order chi connectivity index (χ0) is 28.2. The molecule has 0 saturated heterocycles. The standard InChI is InChI=1S/C30H23ClN2O6S/c1-2-38-29(37)25-26(19-6-4-3-5-7-19)32-30-33(27(25)20-10-12-21(31)13-11-20)28(36)23(40-30)16-18-8-14-22(15-9-18)39-17-24(34)35/h3-16,27H,2,17H2,1H3,(H,34,35). The second-order valence-electron chi connectivity index (χ2n) is 8.73. The first kappa shape index (κ1) is 27.1. The molecule has 0 saturated carbocycles. The largest absolute Gasteiger partial charge is 0.482 e. The Labute approximate surface area is 237 Å². The monoisotopic (exact) mass is 574 g/mol. The number of halogens is 1. The van der Waals surface area contributed by atoms with Crippen molar-refractivity contribution in [3.8, 4) is 5.75 Å². The van der Waals surface area contributed by atoms with Crippen LogP contribution in [0.25, 0.3) is 11.8 Å². The first-order valence-electron chi connectivity index (χ1n) is 12.3. The predicted molar refractivity (Wildman–Crippen MR) is 152 cm³/mol. The molecule has 0 radical (unpaired) electrons. The molecule has 1 aromatic heterocycles. The molecule has 3 aromatic carbocycles. The van der Waals surface area contributed by atoms with E-state index >= 15 is 0 Å². The summed E-state index contributed by atoms with van der Waals surface area (Å²) in [6.45, 7) is 1.44. The molecule has 0 amide bonds. The molecule has 0 aliphatic carbocycles. The normalized spacial score (nSPS) is 14.8. The van der Waals surface area contributed by atoms with Gasteiger partial charge in [0.05, 0.1) is 28.5 Å². The second-order valence-corrected chi connectivity index (χ2v) is 10.2. The molecule has 0 spiro atoms. The Kier molecular flexibility index (Phi) is 7.95. The summed E-state index contributed by atoms with van der Waals surface area (Å²) in [6.07, 6.45) is 1.72. The van der Waals surface area contributed by atoms with E-state index < -0.39 is 24.6 Å². The summed E-state index contributed by atoms with van der Waals surface area (Å²) in [5, 5.41) is 9.34. The lowest BCUT2D eigenvalue weighted by molar-refractivity contribution is -0.140. The first-order valence-corrected chi connectivity index (χ1v) is 13.5. The van der Waals surface area contributed by atoms with E-state index in [1.807, 2.05) is 30.3 Å². The first-order chi connectivity index (χ1) is 19.4. The van der Waals surface area contributed by atoms with Gasteiger partial charge in [-0.2, -0.15) is 0 Å². The van der Waals surface area contributed by atoms with E-state index in [-0.39, 0.29) is 17.7 Å². The number of esters is 1. The van der Waals surface area contributed by atoms with Crippen molar-refractivity contribution in [3.63, 3.8) is 0 Å². The van der Waals surface area contributed by atoms with Crippen LogP contribution in [-0.2, 0) is 14.3 Å². The molecule has 1 atom stereocenters. The van der Waals surface area contributed by atoms with E-state index in [9.17, 15) is 14.4 Å². The van der Waals surface area contributed by atoms with Crippen LogP contribution < -0.4 is 19.6 Å². The van der Waals surface area contributed by atoms with E-state index in [1.54, 1.807) is 61.5 Å². The average molecular weight is 575 g/mol. The van der Waals surface area contributed by atoms with Crippen LogP contribution >= 0.6 is 22.9 Å². The summed E-state index contributed by atoms with van der Waals surface area (Å²) in [6, 6.07) is 22.2. The number of carbonyl (C=O) groups excluding carboxylic acids is 1. The van der Waals surface area contributed by atoms with Crippen LogP contribution in [0, 0.1) is 0 Å². The zero-order valence-corrected chi connectivity index (χ0v) is 22.8. The Balaban J connectivity index is 1.70. The highest BCUT2D eigenvalue weighted by Gasteiger charge is 2.35. The van der Waals surface area contributed by atoms with Gasteiger partial charge in [-0.15, -0.1) is 0 Å². The van der Waals surface area contributed by atoms with Gasteiger partial charge in [0.2, 0.25) is 0 Å². The number of rotatable bonds is 8. The van der Waals surface area contributed by atoms with Crippen LogP contribution in [0.2, 0.25) is 5.02 Å². The highest BCUT2D eigenvalue weighted by atomic mass is 35.5. The lowest BCUT2D eigenvalue weighted by Crippen LogP contribution is -2.40. The smallest absolute Gasteiger partial charge is 0.341 e. The van der Waals surface area contributed by atoms with Crippen molar-refractivity contribution >= 4 is 46.6 Å². The summed E-state index contributed by atoms with van der Waals surface area (Å²) in [4.78, 5) is 43.3. The van der Waals surface area contributed by atoms with Crippen molar-refractivity contribution in [2.75, 3.05) is 13.2 Å². The van der Waals surface area contributed by atoms with Crippen LogP contribution in [0.15, 0.2) is 94.2 Å². The number of nitrogens with zero attached hydrogens (tertiary/aromatic N) is 2. The third kappa shape index (κ3) is 5.61. The molecule has 10 heteroatoms. The van der Waals surface area contributed by atoms with Gasteiger partial charge >= 0.3 is 11.9 Å². The van der Waals surface area contributed by atoms with Crippen molar-refractivity contribution in [1.29, 1.82) is 0 Å². The number of thiazole rings is 1. The van der Waals surface area contributed by atoms with Gasteiger partial charge in [-0.25, -0.2) is 14.6 Å². The fraction of sp³-hybridized carbons (Fsp3) is 0.133. The third-order valence-corrected chi connectivity index (χ3v) is 7.33. The van der Waals surface area contributed by atoms with Gasteiger partial charge in [0.15, 0.2) is 11.4 Å². The van der Waals surface area contributed by atoms with Gasteiger partial charge in [0, 0.05) is 10.6 Å². The van der Waals surface area contributed by atoms with E-state index in [2.05, 4.69) is 0 Å². The van der Waals surface area contributed by atoms with E-state index in [0.717, 1.165) is 5.56 Å². The van der Waals surface area contributed by atoms with Gasteiger partial charge in [0.1, 0.15) is 5.75 Å². The Morgan fingerprint density at radius 1 is 1.05 bits per heavy atom. The fourth-order valence-corrected chi connectivity index (χ4v) is 5.48. The van der Waals surface area contributed by atoms with Gasteiger partial charge in [-0.1, -0.05) is 77.5 Å². The van der Waals surface area contributed by atoms with Gasteiger partial charge < -0.3 is 14.6 Å². The summed E-state index contributed by atoms with van der Waals surface area (Å²) < 4.78 is 12.6. The summed E-state index contributed by atoms with van der Waals surface area (Å²) in [5.41, 5.74) is 2.50. The second kappa shape index (κ2) is 11.7. The lowest BCUT2D eigenvalue weighted by atomic mass is 9.93. The molecule has 1 aliphatic rings. The van der Waals surface area contributed by atoms with Crippen molar-refractivity contribution < 1.29 is 24.2 Å². The average Bonchev–Trinajstić information content (AvgIpc) is 3.27. The molecule has 1 unspecified atom stereocenters. The number of carboxylic acid groups (broad SMARTS) is 1. The number of carbonyl (C=O) groups is 2. The number of ether oxygens (including phenoxy) is 2. The molecule has 1 aliphatic heterocycles. The van der Waals surface area contributed by atoms with Crippen molar-refractivity contribution in [1.82, 2.24) is 4.57 Å². The van der Waals surface area contributed by atoms with Crippen LogP contribution in [0.5, 0.6) is 5.75 Å². The summed E-state index contributed by atoms with van der Waals surface area (Å²) in [7, 11) is 0. The lowest BCUT2D eigenvalue weighted by Gasteiger charge is -2.25. The van der Waals surface area contributed by atoms with E-state index in [0.29, 0.717) is 36.9 Å². The molecule has 0 bridgehead atoms. The predicted octanol–water partition coefficient (Wildman–Crippen LogP) is 4.05. The molecular formula is C30H23ClN2O6S. The van der Waals surface area contributed by atoms with Crippen molar-refractivity contribution in [3.05, 3.63) is 126 Å². The maximum Gasteiger partial charge on any atom is 0.341 e. The quantitative estimate of drug-likeness (QED) is 0.318. The maximum absolute atomic E-state index is 13.9. The Morgan fingerprint density at radius 3 is 2.40 bits per heavy atom. The van der Waals surface area contributed by atoms with Gasteiger partial charge in [0.25, 0.3) is 5.56 Å². The van der Waals surface area contributed by atoms with Gasteiger partial charge in [-0.05, 0) is 48.4 Å². The molecule has 5 rings (SSSR count). The highest BCUT2D eigenvalue weighted by Crippen LogP contribution is 2.35. The zero-order valence-electron chi connectivity index (χ0n) is 21.2. The van der Waals surface area contributed by atoms with E-state index in [1.165, 1.54) is 15.9 Å². The van der Waals surface area contributed by atoms with E-state index in [4.69, 9.17) is 31.2 Å². The van der Waals surface area contributed by atoms with Gasteiger partial charge in [-0.3, -0.25) is 9.36 Å². The molecule has 202 valence electrons. The number of fused-ring (bicyclic) bond motifs is 1. The molecular weight excluding hydrogens is 552 g/mol. The third-order valence-electron chi connectivity index (χ3n) is 6.10. The number of carboxylic acids is 1. The molecule has 4 aromatic rings. The Hall–Kier alpha value is -4.47.